The average Bonchev–Trinajstić information content (AvgIpc) is 3.11. The lowest BCUT2D eigenvalue weighted by molar-refractivity contribution is -0.142. The minimum atomic E-state index is -1.07. The van der Waals surface area contributed by atoms with Gasteiger partial charge in [0.15, 0.2) is 0 Å². The number of alkyl carbamates (subject to hydrolysis) is 1. The van der Waals surface area contributed by atoms with Gasteiger partial charge in [0.25, 0.3) is 0 Å². The van der Waals surface area contributed by atoms with E-state index in [2.05, 4.69) is 34.9 Å². The summed E-state index contributed by atoms with van der Waals surface area (Å²) in [6.45, 7) is 1.68. The molecule has 3 N–H and O–H groups in total. The van der Waals surface area contributed by atoms with Gasteiger partial charge >= 0.3 is 12.1 Å². The van der Waals surface area contributed by atoms with E-state index in [9.17, 15) is 14.4 Å². The second kappa shape index (κ2) is 9.42. The summed E-state index contributed by atoms with van der Waals surface area (Å²) in [6.07, 6.45) is 2.22. The van der Waals surface area contributed by atoms with Crippen molar-refractivity contribution in [3.8, 4) is 11.1 Å². The maximum absolute atomic E-state index is 12.5. The lowest BCUT2D eigenvalue weighted by Crippen LogP contribution is -2.46. The Kier molecular flexibility index (Phi) is 6.44. The number of hydrogen-bond acceptors (Lipinski definition) is 4. The zero-order valence-corrected chi connectivity index (χ0v) is 18.0. The van der Waals surface area contributed by atoms with Crippen LogP contribution in [0.5, 0.6) is 0 Å². The molecule has 168 valence electrons. The first kappa shape index (κ1) is 21.9. The summed E-state index contributed by atoms with van der Waals surface area (Å²) in [7, 11) is 0. The van der Waals surface area contributed by atoms with Crippen molar-refractivity contribution >= 4 is 18.0 Å². The number of benzene rings is 2. The molecule has 0 heterocycles. The highest BCUT2D eigenvalue weighted by molar-refractivity contribution is 5.85. The van der Waals surface area contributed by atoms with Crippen LogP contribution >= 0.6 is 0 Å². The van der Waals surface area contributed by atoms with Crippen LogP contribution in [-0.2, 0) is 14.3 Å². The summed E-state index contributed by atoms with van der Waals surface area (Å²) in [6, 6.07) is 15.2. The van der Waals surface area contributed by atoms with Crippen LogP contribution in [0.2, 0.25) is 0 Å². The van der Waals surface area contributed by atoms with Gasteiger partial charge in [-0.1, -0.05) is 55.0 Å². The van der Waals surface area contributed by atoms with E-state index in [0.717, 1.165) is 24.0 Å². The second-order valence-electron chi connectivity index (χ2n) is 8.60. The van der Waals surface area contributed by atoms with Gasteiger partial charge in [-0.3, -0.25) is 9.59 Å². The molecule has 32 heavy (non-hydrogen) atoms. The molecule has 3 atom stereocenters. The molecular weight excluding hydrogens is 408 g/mol. The van der Waals surface area contributed by atoms with Crippen LogP contribution in [0.1, 0.15) is 49.7 Å². The van der Waals surface area contributed by atoms with Crippen molar-refractivity contribution in [2.45, 2.75) is 50.6 Å². The van der Waals surface area contributed by atoms with Crippen LogP contribution in [0.25, 0.3) is 11.1 Å². The van der Waals surface area contributed by atoms with E-state index < -0.39 is 18.1 Å². The summed E-state index contributed by atoms with van der Waals surface area (Å²) in [4.78, 5) is 35.9. The molecule has 1 saturated carbocycles. The first-order valence-electron chi connectivity index (χ1n) is 11.1. The van der Waals surface area contributed by atoms with Crippen molar-refractivity contribution in [1.82, 2.24) is 10.6 Å². The summed E-state index contributed by atoms with van der Waals surface area (Å²) >= 11 is 0. The number of hydrogen-bond donors (Lipinski definition) is 3. The van der Waals surface area contributed by atoms with E-state index in [1.54, 1.807) is 0 Å². The number of amides is 2. The number of carbonyl (C=O) groups is 3. The van der Waals surface area contributed by atoms with E-state index >= 15 is 0 Å². The minimum absolute atomic E-state index is 0.00413. The van der Waals surface area contributed by atoms with Gasteiger partial charge in [0.2, 0.25) is 5.91 Å². The number of aliphatic carboxylic acids is 1. The van der Waals surface area contributed by atoms with Gasteiger partial charge in [0, 0.05) is 17.9 Å². The quantitative estimate of drug-likeness (QED) is 0.641. The number of nitrogens with one attached hydrogen (secondary N) is 2. The van der Waals surface area contributed by atoms with Gasteiger partial charge < -0.3 is 20.5 Å². The van der Waals surface area contributed by atoms with Gasteiger partial charge in [0.05, 0.1) is 0 Å². The largest absolute Gasteiger partial charge is 0.480 e. The molecule has 0 radical (unpaired) electrons. The maximum atomic E-state index is 12.5. The van der Waals surface area contributed by atoms with Gasteiger partial charge in [0.1, 0.15) is 12.6 Å². The first-order valence-corrected chi connectivity index (χ1v) is 11.1. The van der Waals surface area contributed by atoms with Crippen molar-refractivity contribution in [3.05, 3.63) is 59.7 Å². The second-order valence-corrected chi connectivity index (χ2v) is 8.60. The number of carbonyl (C=O) groups excluding carboxylic acids is 2. The molecule has 2 aromatic carbocycles. The molecule has 0 aromatic heterocycles. The Hall–Kier alpha value is -3.35. The third-order valence-electron chi connectivity index (χ3n) is 6.44. The lowest BCUT2D eigenvalue weighted by Gasteiger charge is -2.29. The Morgan fingerprint density at radius 1 is 1.03 bits per heavy atom. The zero-order chi connectivity index (χ0) is 22.7. The smallest absolute Gasteiger partial charge is 0.407 e. The number of carboxylic acid groups (broad SMARTS) is 1. The zero-order valence-electron chi connectivity index (χ0n) is 18.0. The molecule has 2 aliphatic rings. The Bertz CT molecular complexity index is 975. The van der Waals surface area contributed by atoms with Crippen LogP contribution in [0.15, 0.2) is 48.5 Å². The molecule has 7 nitrogen and oxygen atoms in total. The molecule has 0 aliphatic heterocycles. The molecule has 0 bridgehead atoms. The first-order chi connectivity index (χ1) is 15.4. The van der Waals surface area contributed by atoms with Gasteiger partial charge in [-0.15, -0.1) is 0 Å². The van der Waals surface area contributed by atoms with Crippen molar-refractivity contribution in [2.24, 2.45) is 5.92 Å². The standard InChI is InChI=1S/C25H28N2O5/c1-15(24(29)30)26-23(28)16-7-6-8-17(13-16)27-25(31)32-14-22-20-11-4-2-9-18(20)19-10-3-5-12-21(19)22/h2-5,9-12,15-17,22H,6-8,13-14H2,1H3,(H,26,28)(H,27,31)(H,29,30). The molecule has 2 amide bonds. The van der Waals surface area contributed by atoms with E-state index in [1.165, 1.54) is 18.1 Å². The number of carboxylic acids is 1. The summed E-state index contributed by atoms with van der Waals surface area (Å²) in [5.41, 5.74) is 4.66. The van der Waals surface area contributed by atoms with E-state index in [4.69, 9.17) is 9.84 Å². The average molecular weight is 437 g/mol. The van der Waals surface area contributed by atoms with Crippen molar-refractivity contribution in [1.29, 1.82) is 0 Å². The molecule has 2 aromatic rings. The fourth-order valence-corrected chi connectivity index (χ4v) is 4.76. The maximum Gasteiger partial charge on any atom is 0.407 e. The predicted molar refractivity (Wildman–Crippen MR) is 119 cm³/mol. The molecule has 0 saturated heterocycles. The lowest BCUT2D eigenvalue weighted by atomic mass is 9.85. The van der Waals surface area contributed by atoms with E-state index in [0.29, 0.717) is 12.8 Å². The van der Waals surface area contributed by atoms with Crippen LogP contribution in [0.4, 0.5) is 4.79 Å². The molecule has 2 aliphatic carbocycles. The van der Waals surface area contributed by atoms with Crippen molar-refractivity contribution < 1.29 is 24.2 Å². The fraction of sp³-hybridized carbons (Fsp3) is 0.400. The van der Waals surface area contributed by atoms with Gasteiger partial charge in [-0.05, 0) is 48.4 Å². The minimum Gasteiger partial charge on any atom is -0.480 e. The summed E-state index contributed by atoms with van der Waals surface area (Å²) in [5.74, 6) is -1.67. The van der Waals surface area contributed by atoms with Crippen molar-refractivity contribution in [3.63, 3.8) is 0 Å². The normalized spacial score (nSPS) is 20.5. The molecule has 0 spiro atoms. The van der Waals surface area contributed by atoms with Crippen molar-refractivity contribution in [2.75, 3.05) is 6.61 Å². The Labute approximate surface area is 187 Å². The molecule has 7 heteroatoms. The highest BCUT2D eigenvalue weighted by Crippen LogP contribution is 2.44. The third kappa shape index (κ3) is 4.61. The van der Waals surface area contributed by atoms with E-state index in [1.807, 2.05) is 24.3 Å². The molecule has 3 unspecified atom stereocenters. The highest BCUT2D eigenvalue weighted by Gasteiger charge is 2.31. The van der Waals surface area contributed by atoms with Gasteiger partial charge in [-0.2, -0.15) is 0 Å². The number of fused-ring (bicyclic) bond motifs is 3. The van der Waals surface area contributed by atoms with Crippen LogP contribution < -0.4 is 10.6 Å². The highest BCUT2D eigenvalue weighted by atomic mass is 16.5. The summed E-state index contributed by atoms with van der Waals surface area (Å²) in [5, 5.41) is 14.4. The predicted octanol–water partition coefficient (Wildman–Crippen LogP) is 3.67. The van der Waals surface area contributed by atoms with Crippen LogP contribution in [-0.4, -0.2) is 41.8 Å². The van der Waals surface area contributed by atoms with Crippen LogP contribution in [0.3, 0.4) is 0 Å². The molecule has 4 rings (SSSR count). The van der Waals surface area contributed by atoms with E-state index in [-0.39, 0.29) is 30.4 Å². The van der Waals surface area contributed by atoms with Gasteiger partial charge in [-0.25, -0.2) is 4.79 Å². The number of ether oxygens (including phenoxy) is 1. The number of rotatable bonds is 6. The summed E-state index contributed by atoms with van der Waals surface area (Å²) < 4.78 is 5.61. The third-order valence-corrected chi connectivity index (χ3v) is 6.44. The Morgan fingerprint density at radius 3 is 2.28 bits per heavy atom. The molecular formula is C25H28N2O5. The topological polar surface area (TPSA) is 105 Å². The fourth-order valence-electron chi connectivity index (χ4n) is 4.76. The Morgan fingerprint density at radius 2 is 1.66 bits per heavy atom. The monoisotopic (exact) mass is 436 g/mol. The molecule has 1 fully saturated rings. The Balaban J connectivity index is 1.33. The SMILES string of the molecule is CC(NC(=O)C1CCCC(NC(=O)OCC2c3ccccc3-c3ccccc32)C1)C(=O)O. The van der Waals surface area contributed by atoms with Crippen LogP contribution in [0, 0.1) is 5.92 Å².